The van der Waals surface area contributed by atoms with Crippen LogP contribution < -0.4 is 14.8 Å². The molecule has 0 aliphatic carbocycles. The molecule has 0 radical (unpaired) electrons. The number of hydrogen-bond donors (Lipinski definition) is 1. The summed E-state index contributed by atoms with van der Waals surface area (Å²) in [6.07, 6.45) is 0. The first-order valence-corrected chi connectivity index (χ1v) is 9.65. The van der Waals surface area contributed by atoms with Crippen LogP contribution in [0.25, 0.3) is 10.6 Å². The van der Waals surface area contributed by atoms with Gasteiger partial charge in [0, 0.05) is 5.56 Å². The summed E-state index contributed by atoms with van der Waals surface area (Å²) in [4.78, 5) is 17.6. The van der Waals surface area contributed by atoms with Crippen molar-refractivity contribution in [1.29, 1.82) is 0 Å². The summed E-state index contributed by atoms with van der Waals surface area (Å²) in [5.74, 6) is 1.43. The van der Waals surface area contributed by atoms with Gasteiger partial charge < -0.3 is 14.8 Å². The molecular formula is C21H22N2O3S. The van der Waals surface area contributed by atoms with Gasteiger partial charge in [-0.1, -0.05) is 30.3 Å². The van der Waals surface area contributed by atoms with Crippen molar-refractivity contribution in [2.45, 2.75) is 13.8 Å². The van der Waals surface area contributed by atoms with Crippen molar-refractivity contribution in [2.24, 2.45) is 0 Å². The van der Waals surface area contributed by atoms with E-state index in [4.69, 9.17) is 9.47 Å². The van der Waals surface area contributed by atoms with Crippen LogP contribution in [0.5, 0.6) is 11.5 Å². The zero-order valence-electron chi connectivity index (χ0n) is 15.4. The number of aromatic nitrogens is 1. The van der Waals surface area contributed by atoms with Crippen LogP contribution in [-0.2, 0) is 0 Å². The zero-order chi connectivity index (χ0) is 19.1. The van der Waals surface area contributed by atoms with Crippen molar-refractivity contribution < 1.29 is 14.3 Å². The summed E-state index contributed by atoms with van der Waals surface area (Å²) in [6, 6.07) is 17.3. The molecule has 0 spiro atoms. The second kappa shape index (κ2) is 9.19. The smallest absolute Gasteiger partial charge is 0.263 e. The first kappa shape index (κ1) is 18.9. The van der Waals surface area contributed by atoms with E-state index in [1.165, 1.54) is 11.3 Å². The summed E-state index contributed by atoms with van der Waals surface area (Å²) >= 11 is 1.40. The number of carbonyl (C=O) groups excluding carboxylic acids is 1. The molecule has 27 heavy (non-hydrogen) atoms. The van der Waals surface area contributed by atoms with E-state index in [2.05, 4.69) is 10.3 Å². The minimum Gasteiger partial charge on any atom is -0.494 e. The molecule has 6 heteroatoms. The van der Waals surface area contributed by atoms with Crippen LogP contribution in [0.15, 0.2) is 54.6 Å². The lowest BCUT2D eigenvalue weighted by atomic mass is 10.2. The topological polar surface area (TPSA) is 60.5 Å². The second-order valence-corrected chi connectivity index (χ2v) is 6.81. The van der Waals surface area contributed by atoms with E-state index in [1.54, 1.807) is 0 Å². The van der Waals surface area contributed by atoms with E-state index in [0.717, 1.165) is 27.8 Å². The highest BCUT2D eigenvalue weighted by molar-refractivity contribution is 7.17. The fraction of sp³-hybridized carbons (Fsp3) is 0.238. The van der Waals surface area contributed by atoms with E-state index in [0.29, 0.717) is 24.6 Å². The Bertz CT molecular complexity index is 876. The van der Waals surface area contributed by atoms with Gasteiger partial charge in [-0.2, -0.15) is 0 Å². The highest BCUT2D eigenvalue weighted by Gasteiger charge is 2.15. The Kier molecular flexibility index (Phi) is 6.44. The molecule has 1 amide bonds. The van der Waals surface area contributed by atoms with E-state index in [9.17, 15) is 4.79 Å². The third-order valence-corrected chi connectivity index (χ3v) is 5.02. The number of ether oxygens (including phenoxy) is 2. The highest BCUT2D eigenvalue weighted by atomic mass is 32.1. The maximum atomic E-state index is 12.4. The monoisotopic (exact) mass is 382 g/mol. The molecule has 1 N–H and O–H groups in total. The molecule has 0 fully saturated rings. The SMILES string of the molecule is CCOc1ccc(OCCNC(=O)c2sc(-c3ccccc3)nc2C)cc1. The molecule has 2 aromatic carbocycles. The van der Waals surface area contributed by atoms with E-state index in [1.807, 2.05) is 68.4 Å². The molecule has 1 heterocycles. The molecule has 1 aromatic heterocycles. The van der Waals surface area contributed by atoms with Gasteiger partial charge in [0.05, 0.1) is 18.8 Å². The number of benzene rings is 2. The second-order valence-electron chi connectivity index (χ2n) is 5.81. The molecule has 5 nitrogen and oxygen atoms in total. The molecule has 0 aliphatic rings. The quantitative estimate of drug-likeness (QED) is 0.589. The first-order valence-electron chi connectivity index (χ1n) is 8.84. The number of carbonyl (C=O) groups is 1. The summed E-state index contributed by atoms with van der Waals surface area (Å²) < 4.78 is 11.0. The van der Waals surface area contributed by atoms with Crippen LogP contribution in [-0.4, -0.2) is 30.6 Å². The Morgan fingerprint density at radius 2 is 1.70 bits per heavy atom. The lowest BCUT2D eigenvalue weighted by molar-refractivity contribution is 0.0950. The van der Waals surface area contributed by atoms with Crippen LogP contribution in [0.3, 0.4) is 0 Å². The number of amides is 1. The van der Waals surface area contributed by atoms with Crippen LogP contribution >= 0.6 is 11.3 Å². The summed E-state index contributed by atoms with van der Waals surface area (Å²) in [7, 11) is 0. The minimum absolute atomic E-state index is 0.123. The lowest BCUT2D eigenvalue weighted by Crippen LogP contribution is -2.27. The Hall–Kier alpha value is -2.86. The number of thiazole rings is 1. The molecule has 140 valence electrons. The predicted octanol–water partition coefficient (Wildman–Crippen LogP) is 4.33. The van der Waals surface area contributed by atoms with E-state index >= 15 is 0 Å². The molecular weight excluding hydrogens is 360 g/mol. The Morgan fingerprint density at radius 1 is 1.04 bits per heavy atom. The number of nitrogens with one attached hydrogen (secondary N) is 1. The van der Waals surface area contributed by atoms with Crippen molar-refractivity contribution in [2.75, 3.05) is 19.8 Å². The van der Waals surface area contributed by atoms with Crippen molar-refractivity contribution >= 4 is 17.2 Å². The molecule has 0 saturated carbocycles. The number of aryl methyl sites for hydroxylation is 1. The van der Waals surface area contributed by atoms with Crippen LogP contribution in [0.4, 0.5) is 0 Å². The van der Waals surface area contributed by atoms with Crippen molar-refractivity contribution in [1.82, 2.24) is 10.3 Å². The third kappa shape index (κ3) is 5.08. The number of hydrogen-bond acceptors (Lipinski definition) is 5. The number of rotatable bonds is 8. The Morgan fingerprint density at radius 3 is 2.37 bits per heavy atom. The Labute approximate surface area is 163 Å². The summed E-state index contributed by atoms with van der Waals surface area (Å²) in [5.41, 5.74) is 1.76. The van der Waals surface area contributed by atoms with Gasteiger partial charge in [0.2, 0.25) is 0 Å². The van der Waals surface area contributed by atoms with Gasteiger partial charge in [-0.05, 0) is 38.1 Å². The van der Waals surface area contributed by atoms with Gasteiger partial charge in [0.15, 0.2) is 0 Å². The van der Waals surface area contributed by atoms with Crippen LogP contribution in [0, 0.1) is 6.92 Å². The van der Waals surface area contributed by atoms with Gasteiger partial charge in [0.25, 0.3) is 5.91 Å². The fourth-order valence-corrected chi connectivity index (χ4v) is 3.51. The minimum atomic E-state index is -0.123. The third-order valence-electron chi connectivity index (χ3n) is 3.81. The molecule has 3 aromatic rings. The van der Waals surface area contributed by atoms with Gasteiger partial charge in [-0.3, -0.25) is 4.79 Å². The fourth-order valence-electron chi connectivity index (χ4n) is 2.52. The van der Waals surface area contributed by atoms with E-state index in [-0.39, 0.29) is 5.91 Å². The molecule has 3 rings (SSSR count). The molecule has 0 bridgehead atoms. The van der Waals surface area contributed by atoms with Crippen LogP contribution in [0.2, 0.25) is 0 Å². The first-order chi connectivity index (χ1) is 13.2. The number of nitrogens with zero attached hydrogens (tertiary/aromatic N) is 1. The zero-order valence-corrected chi connectivity index (χ0v) is 16.2. The molecule has 0 saturated heterocycles. The van der Waals surface area contributed by atoms with Gasteiger partial charge in [-0.25, -0.2) is 4.98 Å². The standard InChI is InChI=1S/C21H22N2O3S/c1-3-25-17-9-11-18(12-10-17)26-14-13-22-20(24)19-15(2)23-21(27-19)16-7-5-4-6-8-16/h4-12H,3,13-14H2,1-2H3,(H,22,24). The summed E-state index contributed by atoms with van der Waals surface area (Å²) in [6.45, 7) is 5.25. The van der Waals surface area contributed by atoms with Crippen molar-refractivity contribution in [3.8, 4) is 22.1 Å². The average Bonchev–Trinajstić information content (AvgIpc) is 3.09. The Balaban J connectivity index is 1.50. The normalized spacial score (nSPS) is 10.4. The van der Waals surface area contributed by atoms with Crippen molar-refractivity contribution in [3.63, 3.8) is 0 Å². The van der Waals surface area contributed by atoms with Crippen LogP contribution in [0.1, 0.15) is 22.3 Å². The molecule has 0 atom stereocenters. The van der Waals surface area contributed by atoms with Gasteiger partial charge in [0.1, 0.15) is 28.0 Å². The average molecular weight is 382 g/mol. The summed E-state index contributed by atoms with van der Waals surface area (Å²) in [5, 5.41) is 3.74. The largest absolute Gasteiger partial charge is 0.494 e. The predicted molar refractivity (Wildman–Crippen MR) is 108 cm³/mol. The van der Waals surface area contributed by atoms with E-state index < -0.39 is 0 Å². The molecule has 0 unspecified atom stereocenters. The maximum Gasteiger partial charge on any atom is 0.263 e. The van der Waals surface area contributed by atoms with Gasteiger partial charge in [-0.15, -0.1) is 11.3 Å². The maximum absolute atomic E-state index is 12.4. The highest BCUT2D eigenvalue weighted by Crippen LogP contribution is 2.27. The van der Waals surface area contributed by atoms with Gasteiger partial charge >= 0.3 is 0 Å². The molecule has 0 aliphatic heterocycles. The lowest BCUT2D eigenvalue weighted by Gasteiger charge is -2.08. The van der Waals surface area contributed by atoms with Crippen molar-refractivity contribution in [3.05, 3.63) is 65.2 Å².